The Morgan fingerprint density at radius 2 is 2.06 bits per heavy atom. The van der Waals surface area contributed by atoms with Gasteiger partial charge in [-0.15, -0.1) is 0 Å². The van der Waals surface area contributed by atoms with Crippen LogP contribution in [0.4, 0.5) is 0 Å². The molecule has 1 fully saturated rings. The van der Waals surface area contributed by atoms with Crippen molar-refractivity contribution in [2.24, 2.45) is 17.8 Å². The summed E-state index contributed by atoms with van der Waals surface area (Å²) in [5.41, 5.74) is 1.19. The molecule has 0 aromatic heterocycles. The standard InChI is InChI=1S/C13H15N3/c1-2-10-7-12(13(8-15)9-16)4-3-11(10)5-6-14/h5,10,12-13H,2-4,7H2,1H3/b11-5-. The summed E-state index contributed by atoms with van der Waals surface area (Å²) >= 11 is 0. The van der Waals surface area contributed by atoms with Crippen LogP contribution in [0.5, 0.6) is 0 Å². The van der Waals surface area contributed by atoms with Gasteiger partial charge < -0.3 is 0 Å². The zero-order valence-electron chi connectivity index (χ0n) is 9.48. The van der Waals surface area contributed by atoms with Crippen molar-refractivity contribution < 1.29 is 0 Å². The molecule has 0 spiro atoms. The van der Waals surface area contributed by atoms with Gasteiger partial charge in [-0.2, -0.15) is 15.8 Å². The molecule has 1 saturated carbocycles. The van der Waals surface area contributed by atoms with Crippen LogP contribution in [-0.4, -0.2) is 0 Å². The molecule has 0 aromatic carbocycles. The normalized spacial score (nSPS) is 27.1. The van der Waals surface area contributed by atoms with Crippen LogP contribution in [0.2, 0.25) is 0 Å². The van der Waals surface area contributed by atoms with E-state index in [0.717, 1.165) is 25.7 Å². The van der Waals surface area contributed by atoms with E-state index in [1.807, 2.05) is 0 Å². The molecule has 2 atom stereocenters. The Balaban J connectivity index is 2.75. The van der Waals surface area contributed by atoms with Crippen LogP contribution < -0.4 is 0 Å². The summed E-state index contributed by atoms with van der Waals surface area (Å²) in [5.74, 6) is 0.0658. The van der Waals surface area contributed by atoms with E-state index >= 15 is 0 Å². The first-order valence-corrected chi connectivity index (χ1v) is 5.64. The van der Waals surface area contributed by atoms with Gasteiger partial charge in [0.25, 0.3) is 0 Å². The average Bonchev–Trinajstić information content (AvgIpc) is 2.32. The molecule has 1 aliphatic rings. The predicted octanol–water partition coefficient (Wildman–Crippen LogP) is 2.93. The number of hydrogen-bond donors (Lipinski definition) is 0. The fraction of sp³-hybridized carbons (Fsp3) is 0.615. The van der Waals surface area contributed by atoms with Gasteiger partial charge in [0.2, 0.25) is 0 Å². The molecule has 0 saturated heterocycles. The minimum absolute atomic E-state index is 0.177. The SMILES string of the molecule is CCC1CC(C(C#N)C#N)CC/C1=C/C#N. The van der Waals surface area contributed by atoms with E-state index in [4.69, 9.17) is 15.8 Å². The smallest absolute Gasteiger partial charge is 0.136 e. The zero-order chi connectivity index (χ0) is 12.0. The lowest BCUT2D eigenvalue weighted by Crippen LogP contribution is -2.22. The van der Waals surface area contributed by atoms with Gasteiger partial charge in [-0.1, -0.05) is 12.5 Å². The highest BCUT2D eigenvalue weighted by atomic mass is 14.4. The van der Waals surface area contributed by atoms with Crippen LogP contribution in [0, 0.1) is 51.7 Å². The summed E-state index contributed by atoms with van der Waals surface area (Å²) in [7, 11) is 0. The van der Waals surface area contributed by atoms with E-state index in [0.29, 0.717) is 5.92 Å². The zero-order valence-corrected chi connectivity index (χ0v) is 9.48. The molecule has 0 aliphatic heterocycles. The summed E-state index contributed by atoms with van der Waals surface area (Å²) in [5, 5.41) is 26.4. The topological polar surface area (TPSA) is 71.4 Å². The van der Waals surface area contributed by atoms with Crippen LogP contribution in [0.25, 0.3) is 0 Å². The summed E-state index contributed by atoms with van der Waals surface area (Å²) in [6, 6.07) is 6.22. The monoisotopic (exact) mass is 213 g/mol. The van der Waals surface area contributed by atoms with Crippen molar-refractivity contribution in [3.8, 4) is 18.2 Å². The molecule has 0 heterocycles. The van der Waals surface area contributed by atoms with E-state index < -0.39 is 5.92 Å². The minimum Gasteiger partial charge on any atom is -0.197 e. The fourth-order valence-electron chi connectivity index (χ4n) is 2.44. The Morgan fingerprint density at radius 1 is 1.38 bits per heavy atom. The number of nitriles is 3. The van der Waals surface area contributed by atoms with Gasteiger partial charge in [-0.05, 0) is 37.5 Å². The third kappa shape index (κ3) is 2.62. The van der Waals surface area contributed by atoms with Gasteiger partial charge in [0.1, 0.15) is 5.92 Å². The fourth-order valence-corrected chi connectivity index (χ4v) is 2.44. The summed E-state index contributed by atoms with van der Waals surface area (Å²) < 4.78 is 0. The molecular formula is C13H15N3. The van der Waals surface area contributed by atoms with E-state index in [1.165, 1.54) is 5.57 Å². The lowest BCUT2D eigenvalue weighted by Gasteiger charge is -2.31. The molecule has 1 rings (SSSR count). The molecule has 3 nitrogen and oxygen atoms in total. The molecule has 2 unspecified atom stereocenters. The van der Waals surface area contributed by atoms with E-state index in [9.17, 15) is 0 Å². The first-order valence-electron chi connectivity index (χ1n) is 5.64. The third-order valence-corrected chi connectivity index (χ3v) is 3.41. The minimum atomic E-state index is -0.488. The van der Waals surface area contributed by atoms with E-state index in [1.54, 1.807) is 6.08 Å². The molecular weight excluding hydrogens is 198 g/mol. The van der Waals surface area contributed by atoms with Crippen LogP contribution in [0.15, 0.2) is 11.6 Å². The molecule has 82 valence electrons. The summed E-state index contributed by atoms with van der Waals surface area (Å²) in [4.78, 5) is 0. The van der Waals surface area contributed by atoms with Gasteiger partial charge in [-0.25, -0.2) is 0 Å². The van der Waals surface area contributed by atoms with Gasteiger partial charge in [0.15, 0.2) is 0 Å². The second-order valence-corrected chi connectivity index (χ2v) is 4.22. The van der Waals surface area contributed by atoms with E-state index in [-0.39, 0.29) is 5.92 Å². The van der Waals surface area contributed by atoms with Crippen molar-refractivity contribution in [1.29, 1.82) is 15.8 Å². The van der Waals surface area contributed by atoms with Crippen LogP contribution >= 0.6 is 0 Å². The average molecular weight is 213 g/mol. The predicted molar refractivity (Wildman–Crippen MR) is 59.5 cm³/mol. The van der Waals surface area contributed by atoms with Crippen LogP contribution in [0.3, 0.4) is 0 Å². The van der Waals surface area contributed by atoms with Gasteiger partial charge in [0.05, 0.1) is 18.2 Å². The molecule has 3 heteroatoms. The van der Waals surface area contributed by atoms with Crippen LogP contribution in [-0.2, 0) is 0 Å². The summed E-state index contributed by atoms with van der Waals surface area (Å²) in [6.07, 6.45) is 5.20. The molecule has 0 radical (unpaired) electrons. The van der Waals surface area contributed by atoms with Crippen molar-refractivity contribution in [3.63, 3.8) is 0 Å². The lowest BCUT2D eigenvalue weighted by atomic mass is 9.72. The number of nitrogens with zero attached hydrogens (tertiary/aromatic N) is 3. The maximum absolute atomic E-state index is 8.87. The Labute approximate surface area is 96.6 Å². The van der Waals surface area contributed by atoms with Crippen molar-refractivity contribution in [1.82, 2.24) is 0 Å². The maximum Gasteiger partial charge on any atom is 0.136 e. The highest BCUT2D eigenvalue weighted by molar-refractivity contribution is 5.19. The Hall–Kier alpha value is -1.79. The van der Waals surface area contributed by atoms with Crippen molar-refractivity contribution >= 4 is 0 Å². The largest absolute Gasteiger partial charge is 0.197 e. The number of hydrogen-bond acceptors (Lipinski definition) is 3. The third-order valence-electron chi connectivity index (χ3n) is 3.41. The van der Waals surface area contributed by atoms with Gasteiger partial charge >= 0.3 is 0 Å². The number of rotatable bonds is 2. The first-order chi connectivity index (χ1) is 7.76. The Bertz CT molecular complexity index is 375. The highest BCUT2D eigenvalue weighted by Crippen LogP contribution is 2.38. The highest BCUT2D eigenvalue weighted by Gasteiger charge is 2.30. The van der Waals surface area contributed by atoms with Crippen LogP contribution in [0.1, 0.15) is 32.6 Å². The second kappa shape index (κ2) is 5.94. The first kappa shape index (κ1) is 12.3. The second-order valence-electron chi connectivity index (χ2n) is 4.22. The molecule has 1 aliphatic carbocycles. The molecule has 0 aromatic rings. The van der Waals surface area contributed by atoms with Gasteiger partial charge in [0, 0.05) is 6.08 Å². The lowest BCUT2D eigenvalue weighted by molar-refractivity contribution is 0.297. The summed E-state index contributed by atoms with van der Waals surface area (Å²) in [6.45, 7) is 2.09. The molecule has 0 bridgehead atoms. The van der Waals surface area contributed by atoms with Gasteiger partial charge in [-0.3, -0.25) is 0 Å². The van der Waals surface area contributed by atoms with Crippen molar-refractivity contribution in [2.75, 3.05) is 0 Å². The van der Waals surface area contributed by atoms with Crippen molar-refractivity contribution in [3.05, 3.63) is 11.6 Å². The molecule has 0 N–H and O–H groups in total. The van der Waals surface area contributed by atoms with Crippen molar-refractivity contribution in [2.45, 2.75) is 32.6 Å². The van der Waals surface area contributed by atoms with E-state index in [2.05, 4.69) is 25.1 Å². The maximum atomic E-state index is 8.87. The molecule has 16 heavy (non-hydrogen) atoms. The Morgan fingerprint density at radius 3 is 2.56 bits per heavy atom. The Kier molecular flexibility index (Phi) is 4.56. The number of allylic oxidation sites excluding steroid dienone is 2. The quantitative estimate of drug-likeness (QED) is 0.662. The molecule has 0 amide bonds.